The molecule has 0 fully saturated rings. The lowest BCUT2D eigenvalue weighted by atomic mass is 9.85. The zero-order valence-corrected chi connectivity index (χ0v) is 15.8. The first-order valence-corrected chi connectivity index (χ1v) is 8.20. The number of hydrogen-bond acceptors (Lipinski definition) is 4. The monoisotopic (exact) mass is 498 g/mol. The molecule has 186 valence electrons. The summed E-state index contributed by atoms with van der Waals surface area (Å²) in [6, 6.07) is -1.44. The third kappa shape index (κ3) is 4.85. The average Bonchev–Trinajstić information content (AvgIpc) is 2.56. The van der Waals surface area contributed by atoms with Gasteiger partial charge >= 0.3 is 24.7 Å². The van der Waals surface area contributed by atoms with E-state index in [9.17, 15) is 62.9 Å². The quantitative estimate of drug-likeness (QED) is 0.425. The molecule has 0 bridgehead atoms. The van der Waals surface area contributed by atoms with Crippen molar-refractivity contribution in [3.8, 4) is 5.75 Å². The maximum Gasteiger partial charge on any atom is 0.430 e. The summed E-state index contributed by atoms with van der Waals surface area (Å²) in [4.78, 5) is 0. The fraction of sp³-hybridized carbons (Fsp3) is 0.625. The zero-order valence-electron chi connectivity index (χ0n) is 15.8. The van der Waals surface area contributed by atoms with E-state index in [2.05, 4.69) is 4.74 Å². The Morgan fingerprint density at radius 3 is 1.25 bits per heavy atom. The van der Waals surface area contributed by atoms with E-state index in [-0.39, 0.29) is 18.7 Å². The smallest absolute Gasteiger partial charge is 0.430 e. The van der Waals surface area contributed by atoms with Gasteiger partial charge < -0.3 is 19.7 Å². The standard InChI is InChI=1S/C16H14F12O4/c1-3-31-7(2)32-10-5-8(11(29,13(17,18)19)14(20,21)22)4-9(6-10)12(30,15(23,24)25)16(26,27)28/h4-7,29-30H,3H2,1-2H3. The molecule has 0 aliphatic rings. The highest BCUT2D eigenvalue weighted by molar-refractivity contribution is 5.43. The summed E-state index contributed by atoms with van der Waals surface area (Å²) < 4.78 is 167. The van der Waals surface area contributed by atoms with Crippen LogP contribution in [0.3, 0.4) is 0 Å². The predicted molar refractivity (Wildman–Crippen MR) is 80.2 cm³/mol. The second-order valence-electron chi connectivity index (χ2n) is 6.30. The number of rotatable bonds is 6. The van der Waals surface area contributed by atoms with Crippen molar-refractivity contribution in [3.05, 3.63) is 29.3 Å². The summed E-state index contributed by atoms with van der Waals surface area (Å²) in [6.07, 6.45) is -28.2. The van der Waals surface area contributed by atoms with Gasteiger partial charge in [0.1, 0.15) is 5.75 Å². The number of hydrogen-bond donors (Lipinski definition) is 2. The molecule has 2 N–H and O–H groups in total. The Hall–Kier alpha value is -1.94. The lowest BCUT2D eigenvalue weighted by molar-refractivity contribution is -0.378. The maximum atomic E-state index is 13.2. The highest BCUT2D eigenvalue weighted by atomic mass is 19.4. The van der Waals surface area contributed by atoms with Crippen LogP contribution in [0.15, 0.2) is 18.2 Å². The van der Waals surface area contributed by atoms with E-state index in [1.54, 1.807) is 0 Å². The van der Waals surface area contributed by atoms with Gasteiger partial charge in [-0.25, -0.2) is 0 Å². The number of benzene rings is 1. The van der Waals surface area contributed by atoms with E-state index in [1.807, 2.05) is 0 Å². The number of aliphatic hydroxyl groups is 2. The van der Waals surface area contributed by atoms with Crippen LogP contribution >= 0.6 is 0 Å². The molecule has 1 aromatic rings. The van der Waals surface area contributed by atoms with Crippen LogP contribution in [0, 0.1) is 0 Å². The van der Waals surface area contributed by atoms with Crippen LogP contribution in [-0.2, 0) is 15.9 Å². The highest BCUT2D eigenvalue weighted by Crippen LogP contribution is 2.54. The fourth-order valence-electron chi connectivity index (χ4n) is 2.52. The van der Waals surface area contributed by atoms with Crippen molar-refractivity contribution in [1.82, 2.24) is 0 Å². The Labute approximate surface area is 171 Å². The van der Waals surface area contributed by atoms with E-state index in [1.165, 1.54) is 6.92 Å². The number of ether oxygens (including phenoxy) is 2. The molecule has 1 rings (SSSR count). The minimum atomic E-state index is -6.65. The van der Waals surface area contributed by atoms with Gasteiger partial charge in [-0.1, -0.05) is 0 Å². The molecule has 0 aromatic heterocycles. The van der Waals surface area contributed by atoms with Crippen LogP contribution < -0.4 is 4.74 Å². The van der Waals surface area contributed by atoms with Gasteiger partial charge in [0.15, 0.2) is 6.29 Å². The summed E-state index contributed by atoms with van der Waals surface area (Å²) in [5.74, 6) is -1.42. The molecule has 1 unspecified atom stereocenters. The van der Waals surface area contributed by atoms with Crippen molar-refractivity contribution in [2.45, 2.75) is 56.0 Å². The molecule has 0 radical (unpaired) electrons. The van der Waals surface area contributed by atoms with Crippen molar-refractivity contribution in [2.75, 3.05) is 6.61 Å². The van der Waals surface area contributed by atoms with Gasteiger partial charge in [0.2, 0.25) is 0 Å². The van der Waals surface area contributed by atoms with Gasteiger partial charge in [0.25, 0.3) is 11.2 Å². The molecule has 0 saturated heterocycles. The van der Waals surface area contributed by atoms with E-state index in [4.69, 9.17) is 4.74 Å². The normalized spacial score (nSPS) is 15.6. The first kappa shape index (κ1) is 28.1. The predicted octanol–water partition coefficient (Wildman–Crippen LogP) is 5.07. The summed E-state index contributed by atoms with van der Waals surface area (Å²) in [7, 11) is 0. The van der Waals surface area contributed by atoms with Crippen molar-refractivity contribution in [3.63, 3.8) is 0 Å². The van der Waals surface area contributed by atoms with E-state index < -0.39 is 65.1 Å². The molecular weight excluding hydrogens is 484 g/mol. The fourth-order valence-corrected chi connectivity index (χ4v) is 2.52. The molecule has 1 atom stereocenters. The summed E-state index contributed by atoms with van der Waals surface area (Å²) in [6.45, 7) is 2.12. The Bertz CT molecular complexity index is 710. The molecule has 16 heteroatoms. The third-order valence-electron chi connectivity index (χ3n) is 4.09. The Balaban J connectivity index is 4.03. The van der Waals surface area contributed by atoms with Gasteiger partial charge in [0, 0.05) is 17.7 Å². The third-order valence-corrected chi connectivity index (χ3v) is 4.09. The van der Waals surface area contributed by atoms with Gasteiger partial charge in [-0.2, -0.15) is 52.7 Å². The maximum absolute atomic E-state index is 13.2. The molecular formula is C16H14F12O4. The van der Waals surface area contributed by atoms with Crippen molar-refractivity contribution in [2.24, 2.45) is 0 Å². The van der Waals surface area contributed by atoms with Gasteiger partial charge in [-0.05, 0) is 32.0 Å². The van der Waals surface area contributed by atoms with Crippen molar-refractivity contribution in [1.29, 1.82) is 0 Å². The van der Waals surface area contributed by atoms with E-state index >= 15 is 0 Å². The average molecular weight is 498 g/mol. The molecule has 1 aromatic carbocycles. The van der Waals surface area contributed by atoms with Crippen molar-refractivity contribution >= 4 is 0 Å². The van der Waals surface area contributed by atoms with Gasteiger partial charge in [-0.3, -0.25) is 0 Å². The van der Waals surface area contributed by atoms with Gasteiger partial charge in [-0.15, -0.1) is 0 Å². The van der Waals surface area contributed by atoms with Crippen LogP contribution in [0.2, 0.25) is 0 Å². The summed E-state index contributed by atoms with van der Waals surface area (Å²) >= 11 is 0. The first-order chi connectivity index (χ1) is 14.0. The topological polar surface area (TPSA) is 58.9 Å². The van der Waals surface area contributed by atoms with Crippen molar-refractivity contribution < 1.29 is 72.4 Å². The van der Waals surface area contributed by atoms with Gasteiger partial charge in [0.05, 0.1) is 0 Å². The van der Waals surface area contributed by atoms with E-state index in [0.717, 1.165) is 6.92 Å². The van der Waals surface area contributed by atoms with E-state index in [0.29, 0.717) is 0 Å². The molecule has 0 heterocycles. The molecule has 0 saturated carbocycles. The van der Waals surface area contributed by atoms with Crippen LogP contribution in [0.5, 0.6) is 5.75 Å². The summed E-state index contributed by atoms with van der Waals surface area (Å²) in [5.41, 5.74) is -16.9. The van der Waals surface area contributed by atoms with Crippen LogP contribution in [-0.4, -0.2) is 47.8 Å². The largest absolute Gasteiger partial charge is 0.465 e. The zero-order chi connectivity index (χ0) is 25.6. The molecule has 0 amide bonds. The SMILES string of the molecule is CCOC(C)Oc1cc(C(O)(C(F)(F)F)C(F)(F)F)cc(C(O)(C(F)(F)F)C(F)(F)F)c1. The summed E-state index contributed by atoms with van der Waals surface area (Å²) in [5, 5.41) is 18.9. The van der Waals surface area contributed by atoms with Crippen LogP contribution in [0.4, 0.5) is 52.7 Å². The minimum Gasteiger partial charge on any atom is -0.465 e. The molecule has 0 aliphatic heterocycles. The lowest BCUT2D eigenvalue weighted by Gasteiger charge is -2.36. The second kappa shape index (κ2) is 8.44. The first-order valence-electron chi connectivity index (χ1n) is 8.20. The number of halogens is 12. The molecule has 0 aliphatic carbocycles. The van der Waals surface area contributed by atoms with Crippen LogP contribution in [0.25, 0.3) is 0 Å². The minimum absolute atomic E-state index is 0.183. The Morgan fingerprint density at radius 1 is 0.688 bits per heavy atom. The second-order valence-corrected chi connectivity index (χ2v) is 6.30. The molecule has 4 nitrogen and oxygen atoms in total. The Morgan fingerprint density at radius 2 is 1.00 bits per heavy atom. The molecule has 0 spiro atoms. The lowest BCUT2D eigenvalue weighted by Crippen LogP contribution is -2.55. The Kier molecular flexibility index (Phi) is 7.41. The highest BCUT2D eigenvalue weighted by Gasteiger charge is 2.74. The molecule has 32 heavy (non-hydrogen) atoms. The number of alkyl halides is 12. The van der Waals surface area contributed by atoms with Crippen LogP contribution in [0.1, 0.15) is 25.0 Å².